The van der Waals surface area contributed by atoms with E-state index < -0.39 is 11.6 Å². The maximum absolute atomic E-state index is 13.8. The summed E-state index contributed by atoms with van der Waals surface area (Å²) >= 11 is 0. The van der Waals surface area contributed by atoms with Crippen molar-refractivity contribution >= 4 is 23.0 Å². The van der Waals surface area contributed by atoms with E-state index >= 15 is 0 Å². The first-order chi connectivity index (χ1) is 13.5. The van der Waals surface area contributed by atoms with Gasteiger partial charge in [-0.25, -0.2) is 18.7 Å². The summed E-state index contributed by atoms with van der Waals surface area (Å²) in [4.78, 5) is 8.18. The molecule has 3 rings (SSSR count). The number of rotatable bonds is 7. The Hall–Kier alpha value is -3.62. The highest BCUT2D eigenvalue weighted by Crippen LogP contribution is 2.40. The molecule has 0 aliphatic rings. The van der Waals surface area contributed by atoms with Crippen molar-refractivity contribution in [2.24, 2.45) is 0 Å². The third-order valence-electron chi connectivity index (χ3n) is 3.80. The van der Waals surface area contributed by atoms with Gasteiger partial charge in [-0.15, -0.1) is 0 Å². The van der Waals surface area contributed by atoms with Crippen LogP contribution in [0.5, 0.6) is 17.2 Å². The molecular formula is C19H18F2N4O3. The average molecular weight is 388 g/mol. The molecule has 0 aliphatic heterocycles. The molecular weight excluding hydrogens is 370 g/mol. The summed E-state index contributed by atoms with van der Waals surface area (Å²) < 4.78 is 42.8. The first-order valence-corrected chi connectivity index (χ1v) is 8.15. The summed E-state index contributed by atoms with van der Waals surface area (Å²) in [6.07, 6.45) is 1.31. The summed E-state index contributed by atoms with van der Waals surface area (Å²) in [5, 5.41) is 5.88. The zero-order valence-electron chi connectivity index (χ0n) is 15.4. The van der Waals surface area contributed by atoms with Crippen LogP contribution in [-0.4, -0.2) is 31.3 Å². The highest BCUT2D eigenvalue weighted by Gasteiger charge is 2.14. The van der Waals surface area contributed by atoms with Crippen LogP contribution >= 0.6 is 0 Å². The summed E-state index contributed by atoms with van der Waals surface area (Å²) in [6.45, 7) is 0. The van der Waals surface area contributed by atoms with Crippen molar-refractivity contribution in [3.63, 3.8) is 0 Å². The van der Waals surface area contributed by atoms with Gasteiger partial charge in [0, 0.05) is 30.0 Å². The van der Waals surface area contributed by atoms with Crippen molar-refractivity contribution in [2.75, 3.05) is 32.0 Å². The molecule has 0 aliphatic carbocycles. The number of hydrogen-bond acceptors (Lipinski definition) is 7. The molecule has 2 aromatic carbocycles. The fourth-order valence-corrected chi connectivity index (χ4v) is 2.52. The smallest absolute Gasteiger partial charge is 0.203 e. The lowest BCUT2D eigenvalue weighted by atomic mass is 10.2. The topological polar surface area (TPSA) is 77.5 Å². The maximum atomic E-state index is 13.8. The maximum Gasteiger partial charge on any atom is 0.203 e. The van der Waals surface area contributed by atoms with E-state index in [9.17, 15) is 8.78 Å². The molecule has 0 fully saturated rings. The third kappa shape index (κ3) is 4.20. The van der Waals surface area contributed by atoms with Gasteiger partial charge in [-0.05, 0) is 12.1 Å². The van der Waals surface area contributed by atoms with E-state index in [4.69, 9.17) is 14.2 Å². The summed E-state index contributed by atoms with van der Waals surface area (Å²) in [5.41, 5.74) is 0.728. The zero-order valence-corrected chi connectivity index (χ0v) is 15.4. The van der Waals surface area contributed by atoms with Gasteiger partial charge in [-0.3, -0.25) is 0 Å². The lowest BCUT2D eigenvalue weighted by Crippen LogP contribution is -2.01. The van der Waals surface area contributed by atoms with Crippen molar-refractivity contribution in [1.82, 2.24) is 9.97 Å². The number of hydrogen-bond donors (Lipinski definition) is 2. The molecule has 1 aromatic heterocycles. The summed E-state index contributed by atoms with van der Waals surface area (Å²) in [5.74, 6) is 0.806. The fraction of sp³-hybridized carbons (Fsp3) is 0.158. The van der Waals surface area contributed by atoms with E-state index in [0.29, 0.717) is 34.6 Å². The van der Waals surface area contributed by atoms with E-state index in [2.05, 4.69) is 20.6 Å². The Morgan fingerprint density at radius 2 is 1.43 bits per heavy atom. The van der Waals surface area contributed by atoms with Crippen LogP contribution < -0.4 is 24.8 Å². The van der Waals surface area contributed by atoms with Gasteiger partial charge in [0.1, 0.15) is 29.6 Å². The second-order valence-electron chi connectivity index (χ2n) is 5.58. The van der Waals surface area contributed by atoms with E-state index in [1.807, 2.05) is 0 Å². The molecule has 1 heterocycles. The molecule has 28 heavy (non-hydrogen) atoms. The van der Waals surface area contributed by atoms with Crippen molar-refractivity contribution in [3.8, 4) is 17.2 Å². The lowest BCUT2D eigenvalue weighted by Gasteiger charge is -2.15. The van der Waals surface area contributed by atoms with Crippen molar-refractivity contribution in [1.29, 1.82) is 0 Å². The SMILES string of the molecule is COc1cc(Nc2cc(Nc3ccc(F)cc3F)ncn2)cc(OC)c1OC. The Labute approximate surface area is 160 Å². The highest BCUT2D eigenvalue weighted by molar-refractivity contribution is 5.68. The van der Waals surface area contributed by atoms with Gasteiger partial charge < -0.3 is 24.8 Å². The van der Waals surface area contributed by atoms with Gasteiger partial charge in [-0.2, -0.15) is 0 Å². The molecule has 3 aromatic rings. The van der Waals surface area contributed by atoms with Crippen LogP contribution in [0, 0.1) is 11.6 Å². The van der Waals surface area contributed by atoms with Gasteiger partial charge in [0.2, 0.25) is 5.75 Å². The molecule has 0 saturated heterocycles. The van der Waals surface area contributed by atoms with Crippen LogP contribution in [0.3, 0.4) is 0 Å². The van der Waals surface area contributed by atoms with Crippen LogP contribution in [0.1, 0.15) is 0 Å². The highest BCUT2D eigenvalue weighted by atomic mass is 19.1. The Bertz CT molecular complexity index is 960. The minimum absolute atomic E-state index is 0.0961. The Kier molecular flexibility index (Phi) is 5.73. The number of benzene rings is 2. The Morgan fingerprint density at radius 1 is 0.786 bits per heavy atom. The molecule has 0 saturated carbocycles. The first kappa shape index (κ1) is 19.2. The van der Waals surface area contributed by atoms with E-state index in [1.165, 1.54) is 33.7 Å². The molecule has 146 valence electrons. The number of nitrogens with one attached hydrogen (secondary N) is 2. The standard InChI is InChI=1S/C19H18F2N4O3/c1-26-15-7-12(8-16(27-2)19(15)28-3)24-17-9-18(23-10-22-17)25-14-5-4-11(20)6-13(14)21/h4-10H,1-3H3,(H2,22,23,24,25). The predicted octanol–water partition coefficient (Wildman–Crippen LogP) is 4.27. The average Bonchev–Trinajstić information content (AvgIpc) is 2.69. The number of ether oxygens (including phenoxy) is 3. The van der Waals surface area contributed by atoms with E-state index in [1.54, 1.807) is 18.2 Å². The largest absolute Gasteiger partial charge is 0.493 e. The van der Waals surface area contributed by atoms with Gasteiger partial charge in [-0.1, -0.05) is 0 Å². The Morgan fingerprint density at radius 3 is 2.00 bits per heavy atom. The molecule has 0 unspecified atom stereocenters. The first-order valence-electron chi connectivity index (χ1n) is 8.15. The van der Waals surface area contributed by atoms with Crippen LogP contribution in [0.25, 0.3) is 0 Å². The predicted molar refractivity (Wildman–Crippen MR) is 101 cm³/mol. The Balaban J connectivity index is 1.85. The van der Waals surface area contributed by atoms with E-state index in [-0.39, 0.29) is 5.69 Å². The van der Waals surface area contributed by atoms with Gasteiger partial charge >= 0.3 is 0 Å². The van der Waals surface area contributed by atoms with Gasteiger partial charge in [0.05, 0.1) is 27.0 Å². The van der Waals surface area contributed by atoms with Gasteiger partial charge in [0.15, 0.2) is 11.5 Å². The molecule has 0 bridgehead atoms. The van der Waals surface area contributed by atoms with Crippen LogP contribution in [0.2, 0.25) is 0 Å². The zero-order chi connectivity index (χ0) is 20.1. The van der Waals surface area contributed by atoms with Crippen molar-refractivity contribution in [2.45, 2.75) is 0 Å². The van der Waals surface area contributed by atoms with Crippen LogP contribution in [-0.2, 0) is 0 Å². The minimum Gasteiger partial charge on any atom is -0.493 e. The van der Waals surface area contributed by atoms with E-state index in [0.717, 1.165) is 12.1 Å². The van der Waals surface area contributed by atoms with Gasteiger partial charge in [0.25, 0.3) is 0 Å². The van der Waals surface area contributed by atoms with Crippen LogP contribution in [0.4, 0.5) is 31.8 Å². The summed E-state index contributed by atoms with van der Waals surface area (Å²) in [6, 6.07) is 8.25. The lowest BCUT2D eigenvalue weighted by molar-refractivity contribution is 0.324. The number of methoxy groups -OCH3 is 3. The molecule has 9 heteroatoms. The van der Waals surface area contributed by atoms with Crippen molar-refractivity contribution < 1.29 is 23.0 Å². The molecule has 0 amide bonds. The fourth-order valence-electron chi connectivity index (χ4n) is 2.52. The quantitative estimate of drug-likeness (QED) is 0.626. The number of nitrogens with zero attached hydrogens (tertiary/aromatic N) is 2. The molecule has 0 atom stereocenters. The second kappa shape index (κ2) is 8.38. The molecule has 0 spiro atoms. The van der Waals surface area contributed by atoms with Crippen molar-refractivity contribution in [3.05, 3.63) is 54.4 Å². The second-order valence-corrected chi connectivity index (χ2v) is 5.58. The molecule has 0 radical (unpaired) electrons. The molecule has 2 N–H and O–H groups in total. The normalized spacial score (nSPS) is 10.3. The number of aromatic nitrogens is 2. The summed E-state index contributed by atoms with van der Waals surface area (Å²) in [7, 11) is 4.56. The monoisotopic (exact) mass is 388 g/mol. The van der Waals surface area contributed by atoms with Crippen LogP contribution in [0.15, 0.2) is 42.7 Å². The minimum atomic E-state index is -0.724. The third-order valence-corrected chi connectivity index (χ3v) is 3.80. The number of halogens is 2. The number of anilines is 4. The molecule has 7 nitrogen and oxygen atoms in total.